The van der Waals surface area contributed by atoms with Gasteiger partial charge in [-0.3, -0.25) is 0 Å². The van der Waals surface area contributed by atoms with Crippen LogP contribution in [0.1, 0.15) is 29.8 Å². The Morgan fingerprint density at radius 3 is 2.77 bits per heavy atom. The number of hydrogen-bond donors (Lipinski definition) is 1. The number of fused-ring (bicyclic) bond motifs is 1. The van der Waals surface area contributed by atoms with Crippen LogP contribution in [0, 0.1) is 0 Å². The first kappa shape index (κ1) is 18.1. The van der Waals surface area contributed by atoms with Crippen molar-refractivity contribution in [2.45, 2.75) is 13.0 Å². The first-order valence-electron chi connectivity index (χ1n) is 8.25. The predicted octanol–water partition coefficient (Wildman–Crippen LogP) is 5.22. The second-order valence-corrected chi connectivity index (χ2v) is 6.19. The number of carbonyl (C=O) groups is 1. The van der Waals surface area contributed by atoms with Crippen molar-refractivity contribution in [1.82, 2.24) is 4.98 Å². The number of nitrogens with zero attached hydrogens (tertiary/aromatic N) is 1. The van der Waals surface area contributed by atoms with E-state index in [0.29, 0.717) is 17.2 Å². The standard InChI is InChI=1S/C21H18ClNO3/c1-2-26-20(21(24)25)16-5-3-4-14(12-16)6-10-18-11-8-15-7-9-17(22)13-19(15)23-18/h3-13,20H,2H2,1H3,(H,24,25)/b10-6+/t20-/m0/s1. The third-order valence-corrected chi connectivity index (χ3v) is 4.13. The van der Waals surface area contributed by atoms with E-state index in [1.807, 2.05) is 60.7 Å². The number of benzene rings is 2. The quantitative estimate of drug-likeness (QED) is 0.648. The van der Waals surface area contributed by atoms with Gasteiger partial charge in [0.05, 0.1) is 11.2 Å². The minimum atomic E-state index is -0.999. The number of carboxylic acid groups (broad SMARTS) is 1. The van der Waals surface area contributed by atoms with E-state index in [9.17, 15) is 9.90 Å². The van der Waals surface area contributed by atoms with Crippen molar-refractivity contribution in [2.24, 2.45) is 0 Å². The van der Waals surface area contributed by atoms with Gasteiger partial charge in [0.1, 0.15) is 0 Å². The van der Waals surface area contributed by atoms with Crippen LogP contribution in [0.4, 0.5) is 0 Å². The van der Waals surface area contributed by atoms with Gasteiger partial charge in [0.15, 0.2) is 6.10 Å². The highest BCUT2D eigenvalue weighted by Gasteiger charge is 2.19. The molecule has 3 aromatic rings. The van der Waals surface area contributed by atoms with Crippen molar-refractivity contribution >= 4 is 40.6 Å². The monoisotopic (exact) mass is 367 g/mol. The van der Waals surface area contributed by atoms with Gasteiger partial charge in [0.25, 0.3) is 0 Å². The molecule has 0 amide bonds. The molecule has 0 unspecified atom stereocenters. The van der Waals surface area contributed by atoms with Gasteiger partial charge < -0.3 is 9.84 Å². The summed E-state index contributed by atoms with van der Waals surface area (Å²) in [4.78, 5) is 15.9. The maximum absolute atomic E-state index is 11.4. The molecule has 0 saturated carbocycles. The van der Waals surface area contributed by atoms with E-state index in [-0.39, 0.29) is 0 Å². The van der Waals surface area contributed by atoms with Gasteiger partial charge in [-0.15, -0.1) is 0 Å². The molecule has 0 aliphatic heterocycles. The van der Waals surface area contributed by atoms with Gasteiger partial charge in [-0.2, -0.15) is 0 Å². The number of pyridine rings is 1. The van der Waals surface area contributed by atoms with Crippen LogP contribution in [0.3, 0.4) is 0 Å². The average molecular weight is 368 g/mol. The molecule has 26 heavy (non-hydrogen) atoms. The average Bonchev–Trinajstić information content (AvgIpc) is 2.64. The molecule has 0 bridgehead atoms. The molecule has 4 nitrogen and oxygen atoms in total. The number of halogens is 1. The molecular formula is C21H18ClNO3. The highest BCUT2D eigenvalue weighted by atomic mass is 35.5. The van der Waals surface area contributed by atoms with Crippen LogP contribution in [0.15, 0.2) is 54.6 Å². The minimum Gasteiger partial charge on any atom is -0.479 e. The van der Waals surface area contributed by atoms with E-state index in [1.54, 1.807) is 13.0 Å². The molecule has 0 aliphatic carbocycles. The maximum atomic E-state index is 11.4. The van der Waals surface area contributed by atoms with Crippen molar-refractivity contribution in [3.05, 3.63) is 76.4 Å². The molecular weight excluding hydrogens is 350 g/mol. The van der Waals surface area contributed by atoms with Gasteiger partial charge in [-0.25, -0.2) is 9.78 Å². The Hall–Kier alpha value is -2.69. The van der Waals surface area contributed by atoms with E-state index in [4.69, 9.17) is 16.3 Å². The fourth-order valence-corrected chi connectivity index (χ4v) is 2.85. The second-order valence-electron chi connectivity index (χ2n) is 5.75. The van der Waals surface area contributed by atoms with Crippen LogP contribution in [0.2, 0.25) is 5.02 Å². The molecule has 2 aromatic carbocycles. The van der Waals surface area contributed by atoms with Gasteiger partial charge in [-0.1, -0.05) is 48.0 Å². The van der Waals surface area contributed by atoms with E-state index in [0.717, 1.165) is 22.2 Å². The van der Waals surface area contributed by atoms with E-state index in [1.165, 1.54) is 0 Å². The third kappa shape index (κ3) is 4.28. The largest absolute Gasteiger partial charge is 0.479 e. The number of ether oxygens (including phenoxy) is 1. The lowest BCUT2D eigenvalue weighted by atomic mass is 10.1. The second kappa shape index (κ2) is 8.13. The molecule has 0 aliphatic rings. The lowest BCUT2D eigenvalue weighted by Crippen LogP contribution is -2.15. The lowest BCUT2D eigenvalue weighted by molar-refractivity contribution is -0.150. The zero-order valence-corrected chi connectivity index (χ0v) is 15.0. The van der Waals surface area contributed by atoms with Crippen LogP contribution in [0.5, 0.6) is 0 Å². The summed E-state index contributed by atoms with van der Waals surface area (Å²) < 4.78 is 5.32. The number of aromatic nitrogens is 1. The lowest BCUT2D eigenvalue weighted by Gasteiger charge is -2.13. The summed E-state index contributed by atoms with van der Waals surface area (Å²) in [5, 5.41) is 11.0. The highest BCUT2D eigenvalue weighted by molar-refractivity contribution is 6.31. The van der Waals surface area contributed by atoms with Crippen molar-refractivity contribution in [3.63, 3.8) is 0 Å². The third-order valence-electron chi connectivity index (χ3n) is 3.89. The minimum absolute atomic E-state index is 0.334. The molecule has 0 radical (unpaired) electrons. The van der Waals surface area contributed by atoms with Crippen LogP contribution < -0.4 is 0 Å². The Morgan fingerprint density at radius 2 is 2.00 bits per heavy atom. The van der Waals surface area contributed by atoms with Gasteiger partial charge in [0, 0.05) is 17.0 Å². The van der Waals surface area contributed by atoms with E-state index >= 15 is 0 Å². The fourth-order valence-electron chi connectivity index (χ4n) is 2.68. The van der Waals surface area contributed by atoms with E-state index in [2.05, 4.69) is 4.98 Å². The topological polar surface area (TPSA) is 59.4 Å². The zero-order chi connectivity index (χ0) is 18.5. The summed E-state index contributed by atoms with van der Waals surface area (Å²) in [6.45, 7) is 2.11. The van der Waals surface area contributed by atoms with Crippen molar-refractivity contribution in [2.75, 3.05) is 6.61 Å². The Bertz CT molecular complexity index is 968. The molecule has 1 aromatic heterocycles. The number of aliphatic carboxylic acids is 1. The SMILES string of the molecule is CCO[C@H](C(=O)O)c1cccc(/C=C/c2ccc3ccc(Cl)cc3n2)c1. The van der Waals surface area contributed by atoms with Crippen LogP contribution in [0.25, 0.3) is 23.1 Å². The first-order valence-corrected chi connectivity index (χ1v) is 8.63. The summed E-state index contributed by atoms with van der Waals surface area (Å²) in [5.74, 6) is -0.999. The molecule has 0 fully saturated rings. The van der Waals surface area contributed by atoms with Crippen molar-refractivity contribution in [3.8, 4) is 0 Å². The molecule has 1 atom stereocenters. The first-order chi connectivity index (χ1) is 12.6. The summed E-state index contributed by atoms with van der Waals surface area (Å²) >= 11 is 6.02. The van der Waals surface area contributed by atoms with Gasteiger partial charge in [0.2, 0.25) is 0 Å². The fraction of sp³-hybridized carbons (Fsp3) is 0.143. The Balaban J connectivity index is 1.86. The number of rotatable bonds is 6. The van der Waals surface area contributed by atoms with Gasteiger partial charge in [-0.05, 0) is 48.4 Å². The van der Waals surface area contributed by atoms with Crippen LogP contribution in [-0.4, -0.2) is 22.7 Å². The summed E-state index contributed by atoms with van der Waals surface area (Å²) in [6.07, 6.45) is 2.82. The number of carboxylic acids is 1. The summed E-state index contributed by atoms with van der Waals surface area (Å²) in [7, 11) is 0. The summed E-state index contributed by atoms with van der Waals surface area (Å²) in [5.41, 5.74) is 3.11. The molecule has 3 rings (SSSR count). The normalized spacial score (nSPS) is 12.5. The maximum Gasteiger partial charge on any atom is 0.337 e. The Labute approximate surface area is 156 Å². The van der Waals surface area contributed by atoms with E-state index < -0.39 is 12.1 Å². The smallest absolute Gasteiger partial charge is 0.337 e. The van der Waals surface area contributed by atoms with Gasteiger partial charge >= 0.3 is 5.97 Å². The van der Waals surface area contributed by atoms with Crippen molar-refractivity contribution in [1.29, 1.82) is 0 Å². The summed E-state index contributed by atoms with van der Waals surface area (Å²) in [6, 6.07) is 16.8. The molecule has 132 valence electrons. The van der Waals surface area contributed by atoms with Crippen LogP contribution >= 0.6 is 11.6 Å². The highest BCUT2D eigenvalue weighted by Crippen LogP contribution is 2.21. The zero-order valence-electron chi connectivity index (χ0n) is 14.2. The molecule has 1 N–H and O–H groups in total. The van der Waals surface area contributed by atoms with Crippen LogP contribution in [-0.2, 0) is 9.53 Å². The molecule has 5 heteroatoms. The predicted molar refractivity (Wildman–Crippen MR) is 104 cm³/mol. The number of hydrogen-bond acceptors (Lipinski definition) is 3. The Morgan fingerprint density at radius 1 is 1.19 bits per heavy atom. The molecule has 0 saturated heterocycles. The Kier molecular flexibility index (Phi) is 5.66. The van der Waals surface area contributed by atoms with Crippen molar-refractivity contribution < 1.29 is 14.6 Å². The molecule has 0 spiro atoms. The molecule has 1 heterocycles.